The molecule has 1 aromatic heterocycles. The van der Waals surface area contributed by atoms with Crippen molar-refractivity contribution in [3.8, 4) is 22.8 Å². The molecule has 0 amide bonds. The molecule has 6 nitrogen and oxygen atoms in total. The van der Waals surface area contributed by atoms with Crippen molar-refractivity contribution in [3.63, 3.8) is 0 Å². The average Bonchev–Trinajstić information content (AvgIpc) is 3.21. The number of rotatable bonds is 9. The molecule has 5 rings (SSSR count). The molecule has 3 aromatic rings. The van der Waals surface area contributed by atoms with Gasteiger partial charge in [-0.3, -0.25) is 9.59 Å². The Hall–Kier alpha value is -3.12. The highest BCUT2D eigenvalue weighted by molar-refractivity contribution is 6.27. The molecule has 2 atom stereocenters. The number of ketones is 1. The van der Waals surface area contributed by atoms with Crippen molar-refractivity contribution >= 4 is 16.6 Å². The largest absolute Gasteiger partial charge is 0.493 e. The average molecular weight is 532 g/mol. The van der Waals surface area contributed by atoms with Crippen LogP contribution >= 0.6 is 0 Å². The zero-order chi connectivity index (χ0) is 27.9. The molecule has 0 unspecified atom stereocenters. The van der Waals surface area contributed by atoms with Crippen molar-refractivity contribution in [3.05, 3.63) is 57.9 Å². The smallest absolute Gasteiger partial charge is 0.262 e. The first-order valence-electron chi connectivity index (χ1n) is 14.3. The van der Waals surface area contributed by atoms with Crippen molar-refractivity contribution < 1.29 is 19.0 Å². The molecular weight excluding hydrogens is 490 g/mol. The summed E-state index contributed by atoms with van der Waals surface area (Å²) < 4.78 is 19.1. The Morgan fingerprint density at radius 1 is 1.00 bits per heavy atom. The molecule has 1 aliphatic carbocycles. The van der Waals surface area contributed by atoms with Gasteiger partial charge in [-0.2, -0.15) is 0 Å². The van der Waals surface area contributed by atoms with Gasteiger partial charge in [0, 0.05) is 29.7 Å². The summed E-state index contributed by atoms with van der Waals surface area (Å²) in [5, 5.41) is 1.02. The second-order valence-electron chi connectivity index (χ2n) is 12.2. The molecule has 1 fully saturated rings. The number of hydrogen-bond donors (Lipinski definition) is 0. The predicted molar refractivity (Wildman–Crippen MR) is 155 cm³/mol. The number of hydrogen-bond acceptors (Lipinski definition) is 5. The second-order valence-corrected chi connectivity index (χ2v) is 12.2. The van der Waals surface area contributed by atoms with Gasteiger partial charge in [-0.15, -0.1) is 0 Å². The van der Waals surface area contributed by atoms with Crippen LogP contribution in [0, 0.1) is 17.8 Å². The van der Waals surface area contributed by atoms with Crippen molar-refractivity contribution in [2.75, 3.05) is 20.8 Å². The van der Waals surface area contributed by atoms with Crippen LogP contribution in [0.25, 0.3) is 22.0 Å². The Balaban J connectivity index is 1.64. The molecule has 208 valence electrons. The van der Waals surface area contributed by atoms with Gasteiger partial charge in [0.1, 0.15) is 0 Å². The maximum absolute atomic E-state index is 14.3. The molecule has 0 spiro atoms. The van der Waals surface area contributed by atoms with Crippen LogP contribution in [0.5, 0.6) is 11.5 Å². The number of benzene rings is 2. The van der Waals surface area contributed by atoms with E-state index in [-0.39, 0.29) is 16.9 Å². The zero-order valence-corrected chi connectivity index (χ0v) is 24.1. The lowest BCUT2D eigenvalue weighted by atomic mass is 9.75. The molecule has 2 aliphatic rings. The summed E-state index contributed by atoms with van der Waals surface area (Å²) in [6.07, 6.45) is 5.21. The third kappa shape index (κ3) is 5.00. The van der Waals surface area contributed by atoms with E-state index in [4.69, 9.17) is 14.2 Å². The molecular formula is C33H41NO5. The maximum Gasteiger partial charge on any atom is 0.262 e. The van der Waals surface area contributed by atoms with E-state index < -0.39 is 0 Å². The number of carbonyl (C=O) groups is 1. The van der Waals surface area contributed by atoms with Gasteiger partial charge in [-0.05, 0) is 69.4 Å². The minimum Gasteiger partial charge on any atom is -0.493 e. The van der Waals surface area contributed by atoms with E-state index in [0.29, 0.717) is 57.7 Å². The van der Waals surface area contributed by atoms with Gasteiger partial charge < -0.3 is 18.8 Å². The number of methoxy groups -OCH3 is 2. The van der Waals surface area contributed by atoms with E-state index in [2.05, 4.69) is 27.7 Å². The number of fused-ring (bicyclic) bond motifs is 5. The molecule has 1 aliphatic heterocycles. The van der Waals surface area contributed by atoms with E-state index in [1.165, 1.54) is 0 Å². The quantitative estimate of drug-likeness (QED) is 0.236. The molecule has 0 bridgehead atoms. The SMILES string of the molecule is COc1ccc2c3c(n(CC[C@@H](CCC(C)C)[C@H]4CCOC(C)(C)C4)c(=O)c2c1OC)-c1ccccc1C3=O. The highest BCUT2D eigenvalue weighted by Gasteiger charge is 2.36. The van der Waals surface area contributed by atoms with E-state index >= 15 is 0 Å². The standard InChI is InChI=1S/C33H41NO5/c1-20(2)11-12-21(22-16-18-39-33(3,4)19-22)15-17-34-29-23-9-7-8-10-24(23)30(35)27(29)25-13-14-26(37-5)31(38-6)28(25)32(34)36/h7-10,13-14,20-22H,11-12,15-19H2,1-6H3/t21-,22+/m1/s1. The highest BCUT2D eigenvalue weighted by atomic mass is 16.5. The Morgan fingerprint density at radius 2 is 1.74 bits per heavy atom. The Bertz CT molecular complexity index is 1450. The van der Waals surface area contributed by atoms with Crippen LogP contribution < -0.4 is 15.0 Å². The molecule has 0 saturated carbocycles. The lowest BCUT2D eigenvalue weighted by Gasteiger charge is -2.39. The number of nitrogens with zero attached hydrogens (tertiary/aromatic N) is 1. The highest BCUT2D eigenvalue weighted by Crippen LogP contribution is 2.44. The molecule has 39 heavy (non-hydrogen) atoms. The first-order chi connectivity index (χ1) is 18.7. The fourth-order valence-electron chi connectivity index (χ4n) is 6.73. The summed E-state index contributed by atoms with van der Waals surface area (Å²) >= 11 is 0. The van der Waals surface area contributed by atoms with E-state index in [9.17, 15) is 9.59 Å². The van der Waals surface area contributed by atoms with Gasteiger partial charge in [0.15, 0.2) is 17.3 Å². The fraction of sp³-hybridized carbons (Fsp3) is 0.515. The minimum atomic E-state index is -0.140. The number of ether oxygens (including phenoxy) is 3. The van der Waals surface area contributed by atoms with Gasteiger partial charge >= 0.3 is 0 Å². The van der Waals surface area contributed by atoms with Crippen LogP contribution in [0.1, 0.15) is 75.7 Å². The minimum absolute atomic E-state index is 0.0471. The van der Waals surface area contributed by atoms with Gasteiger partial charge in [0.2, 0.25) is 0 Å². The summed E-state index contributed by atoms with van der Waals surface area (Å²) in [7, 11) is 3.10. The van der Waals surface area contributed by atoms with E-state index in [1.54, 1.807) is 20.3 Å². The monoisotopic (exact) mass is 531 g/mol. The maximum atomic E-state index is 14.3. The summed E-state index contributed by atoms with van der Waals surface area (Å²) in [6.45, 7) is 10.2. The van der Waals surface area contributed by atoms with Crippen LogP contribution in [-0.2, 0) is 11.3 Å². The predicted octanol–water partition coefficient (Wildman–Crippen LogP) is 6.88. The third-order valence-corrected chi connectivity index (χ3v) is 8.67. The van der Waals surface area contributed by atoms with Gasteiger partial charge in [0.05, 0.1) is 36.5 Å². The van der Waals surface area contributed by atoms with E-state index in [1.807, 2.05) is 34.9 Å². The summed E-state index contributed by atoms with van der Waals surface area (Å²) in [5.74, 6) is 2.44. The van der Waals surface area contributed by atoms with Crippen molar-refractivity contribution in [1.82, 2.24) is 4.57 Å². The van der Waals surface area contributed by atoms with Crippen molar-refractivity contribution in [2.45, 2.75) is 71.9 Å². The Morgan fingerprint density at radius 3 is 2.41 bits per heavy atom. The van der Waals surface area contributed by atoms with Crippen LogP contribution in [0.15, 0.2) is 41.2 Å². The van der Waals surface area contributed by atoms with Gasteiger partial charge in [-0.25, -0.2) is 0 Å². The fourth-order valence-corrected chi connectivity index (χ4v) is 6.73. The van der Waals surface area contributed by atoms with Crippen molar-refractivity contribution in [1.29, 1.82) is 0 Å². The molecule has 6 heteroatoms. The summed E-state index contributed by atoms with van der Waals surface area (Å²) in [5.41, 5.74) is 2.52. The van der Waals surface area contributed by atoms with Crippen molar-refractivity contribution in [2.24, 2.45) is 17.8 Å². The normalized spacial score (nSPS) is 18.7. The molecule has 2 aromatic carbocycles. The Kier molecular flexibility index (Phi) is 7.60. The lowest BCUT2D eigenvalue weighted by Crippen LogP contribution is -2.37. The van der Waals surface area contributed by atoms with Gasteiger partial charge in [0.25, 0.3) is 5.56 Å². The first kappa shape index (κ1) is 27.4. The lowest BCUT2D eigenvalue weighted by molar-refractivity contribution is -0.0843. The molecule has 2 heterocycles. The molecule has 1 saturated heterocycles. The summed E-state index contributed by atoms with van der Waals surface area (Å²) in [4.78, 5) is 28.1. The van der Waals surface area contributed by atoms with Gasteiger partial charge in [-0.1, -0.05) is 44.5 Å². The summed E-state index contributed by atoms with van der Waals surface area (Å²) in [6, 6.07) is 11.2. The Labute approximate surface area is 231 Å². The van der Waals surface area contributed by atoms with Crippen LogP contribution in [-0.4, -0.2) is 36.8 Å². The molecule has 0 N–H and O–H groups in total. The van der Waals surface area contributed by atoms with Crippen LogP contribution in [0.2, 0.25) is 0 Å². The zero-order valence-electron chi connectivity index (χ0n) is 24.1. The first-order valence-corrected chi connectivity index (χ1v) is 14.3. The topological polar surface area (TPSA) is 66.8 Å². The number of carbonyl (C=O) groups excluding carboxylic acids is 1. The molecule has 0 radical (unpaired) electrons. The van der Waals surface area contributed by atoms with Crippen LogP contribution in [0.4, 0.5) is 0 Å². The second kappa shape index (κ2) is 10.8. The van der Waals surface area contributed by atoms with Crippen LogP contribution in [0.3, 0.4) is 0 Å². The van der Waals surface area contributed by atoms with E-state index in [0.717, 1.165) is 50.0 Å². The third-order valence-electron chi connectivity index (χ3n) is 8.67. The number of pyridine rings is 1. The number of aromatic nitrogens is 1.